The first-order valence-corrected chi connectivity index (χ1v) is 21.6. The number of hydrogen-bond acceptors (Lipinski definition) is 1. The Morgan fingerprint density at radius 1 is 0.328 bits per heavy atom. The zero-order valence-electron chi connectivity index (χ0n) is 35.0. The highest BCUT2D eigenvalue weighted by Gasteiger charge is 2.40. The summed E-state index contributed by atoms with van der Waals surface area (Å²) in [7, 11) is 0. The summed E-state index contributed by atoms with van der Waals surface area (Å²) < 4.78 is 0. The SMILES string of the molecule is CC1(C)c2ccccc2-c2ccc(N(c3cccc(-c4c5c(cc6ccccc46)-c4c(ccc6ccccc46)C5(C)C)c3)c3ccc(-c4ccccc4)c4ccccc34)cc21. The molecule has 0 aromatic heterocycles. The lowest BCUT2D eigenvalue weighted by Crippen LogP contribution is -2.17. The highest BCUT2D eigenvalue weighted by molar-refractivity contribution is 6.11. The molecule has 290 valence electrons. The minimum atomic E-state index is -0.214. The first-order chi connectivity index (χ1) is 29.8. The molecule has 0 saturated heterocycles. The van der Waals surface area contributed by atoms with Crippen LogP contribution in [0, 0.1) is 0 Å². The maximum absolute atomic E-state index is 2.51. The number of hydrogen-bond donors (Lipinski definition) is 0. The van der Waals surface area contributed by atoms with E-state index in [4.69, 9.17) is 0 Å². The Hall–Kier alpha value is -7.22. The monoisotopic (exact) mass is 779 g/mol. The smallest absolute Gasteiger partial charge is 0.0540 e. The van der Waals surface area contributed by atoms with E-state index in [-0.39, 0.29) is 10.8 Å². The van der Waals surface area contributed by atoms with Gasteiger partial charge in [0, 0.05) is 27.6 Å². The van der Waals surface area contributed by atoms with Crippen molar-refractivity contribution >= 4 is 49.4 Å². The molecule has 0 N–H and O–H groups in total. The van der Waals surface area contributed by atoms with Crippen molar-refractivity contribution in [3.05, 3.63) is 222 Å². The molecule has 61 heavy (non-hydrogen) atoms. The highest BCUT2D eigenvalue weighted by Crippen LogP contribution is 2.57. The van der Waals surface area contributed by atoms with E-state index in [0.29, 0.717) is 0 Å². The van der Waals surface area contributed by atoms with Crippen LogP contribution in [0.3, 0.4) is 0 Å². The molecule has 0 aliphatic heterocycles. The third-order valence-corrected chi connectivity index (χ3v) is 14.0. The van der Waals surface area contributed by atoms with Crippen molar-refractivity contribution in [3.63, 3.8) is 0 Å². The Kier molecular flexibility index (Phi) is 7.69. The van der Waals surface area contributed by atoms with Gasteiger partial charge >= 0.3 is 0 Å². The van der Waals surface area contributed by atoms with Gasteiger partial charge in [0.1, 0.15) is 0 Å². The standard InChI is InChI=1S/C60H45N/c1-59(2)52-28-15-14-26-48(52)49-31-30-43(37-54(49)59)61(55-34-32-44(38-17-6-5-7-18-38)47-25-12-13-27-50(47)55)42-22-16-21-41(35-42)56-46-24-11-9-20-40(46)36-51-57-45-23-10-8-19-39(45)29-33-53(57)60(3,4)58(51)56/h5-37H,1-4H3. The molecule has 0 spiro atoms. The van der Waals surface area contributed by atoms with Crippen molar-refractivity contribution in [2.24, 2.45) is 0 Å². The van der Waals surface area contributed by atoms with Gasteiger partial charge in [0.05, 0.1) is 5.69 Å². The van der Waals surface area contributed by atoms with Crippen molar-refractivity contribution in [1.82, 2.24) is 0 Å². The van der Waals surface area contributed by atoms with Crippen LogP contribution in [-0.4, -0.2) is 0 Å². The summed E-state index contributed by atoms with van der Waals surface area (Å²) in [5.41, 5.74) is 19.0. The lowest BCUT2D eigenvalue weighted by Gasteiger charge is -2.30. The van der Waals surface area contributed by atoms with Crippen LogP contribution in [0.25, 0.3) is 76.8 Å². The summed E-state index contributed by atoms with van der Waals surface area (Å²) in [5, 5.41) is 7.60. The van der Waals surface area contributed by atoms with Crippen LogP contribution in [0.1, 0.15) is 49.9 Å². The maximum atomic E-state index is 2.51. The largest absolute Gasteiger partial charge is 0.310 e. The maximum Gasteiger partial charge on any atom is 0.0540 e. The van der Waals surface area contributed by atoms with Crippen molar-refractivity contribution in [2.45, 2.75) is 38.5 Å². The second-order valence-electron chi connectivity index (χ2n) is 18.1. The van der Waals surface area contributed by atoms with Gasteiger partial charge in [-0.05, 0) is 130 Å². The molecule has 0 atom stereocenters. The molecule has 0 bridgehead atoms. The van der Waals surface area contributed by atoms with Crippen LogP contribution in [0.2, 0.25) is 0 Å². The number of benzene rings is 10. The average Bonchev–Trinajstić information content (AvgIpc) is 3.67. The molecule has 2 aliphatic rings. The predicted molar refractivity (Wildman–Crippen MR) is 260 cm³/mol. The summed E-state index contributed by atoms with van der Waals surface area (Å²) in [6.07, 6.45) is 0. The zero-order chi connectivity index (χ0) is 41.0. The van der Waals surface area contributed by atoms with Crippen LogP contribution in [-0.2, 0) is 10.8 Å². The minimum absolute atomic E-state index is 0.136. The normalized spacial score (nSPS) is 14.2. The summed E-state index contributed by atoms with van der Waals surface area (Å²) in [4.78, 5) is 2.51. The second-order valence-corrected chi connectivity index (χ2v) is 18.1. The average molecular weight is 780 g/mol. The van der Waals surface area contributed by atoms with Crippen LogP contribution >= 0.6 is 0 Å². The summed E-state index contributed by atoms with van der Waals surface area (Å²) in [6, 6.07) is 74.8. The predicted octanol–water partition coefficient (Wildman–Crippen LogP) is 16.6. The van der Waals surface area contributed by atoms with Crippen molar-refractivity contribution in [1.29, 1.82) is 0 Å². The number of nitrogens with zero attached hydrogens (tertiary/aromatic N) is 1. The van der Waals surface area contributed by atoms with Crippen LogP contribution in [0.4, 0.5) is 17.1 Å². The van der Waals surface area contributed by atoms with E-state index < -0.39 is 0 Å². The van der Waals surface area contributed by atoms with Gasteiger partial charge in [0.15, 0.2) is 0 Å². The van der Waals surface area contributed by atoms with E-state index in [0.717, 1.165) is 17.1 Å². The van der Waals surface area contributed by atoms with E-state index in [9.17, 15) is 0 Å². The van der Waals surface area contributed by atoms with Gasteiger partial charge in [-0.25, -0.2) is 0 Å². The van der Waals surface area contributed by atoms with Crippen molar-refractivity contribution in [3.8, 4) is 44.5 Å². The van der Waals surface area contributed by atoms with Crippen molar-refractivity contribution in [2.75, 3.05) is 4.90 Å². The van der Waals surface area contributed by atoms with Gasteiger partial charge in [-0.2, -0.15) is 0 Å². The van der Waals surface area contributed by atoms with E-state index in [2.05, 4.69) is 233 Å². The van der Waals surface area contributed by atoms with Crippen LogP contribution in [0.15, 0.2) is 200 Å². The molecular weight excluding hydrogens is 735 g/mol. The quantitative estimate of drug-likeness (QED) is 0.168. The molecule has 0 unspecified atom stereocenters. The Morgan fingerprint density at radius 2 is 0.951 bits per heavy atom. The van der Waals surface area contributed by atoms with E-state index in [1.54, 1.807) is 0 Å². The molecule has 0 radical (unpaired) electrons. The van der Waals surface area contributed by atoms with E-state index in [1.807, 2.05) is 0 Å². The van der Waals surface area contributed by atoms with Gasteiger partial charge in [-0.1, -0.05) is 191 Å². The minimum Gasteiger partial charge on any atom is -0.310 e. The molecule has 0 amide bonds. The Bertz CT molecular complexity index is 3420. The topological polar surface area (TPSA) is 3.24 Å². The fourth-order valence-corrected chi connectivity index (χ4v) is 11.1. The van der Waals surface area contributed by atoms with Gasteiger partial charge in [0.2, 0.25) is 0 Å². The third-order valence-electron chi connectivity index (χ3n) is 14.0. The first kappa shape index (κ1) is 35.7. The molecule has 12 rings (SSSR count). The fourth-order valence-electron chi connectivity index (χ4n) is 11.1. The van der Waals surface area contributed by atoms with Gasteiger partial charge in [-0.15, -0.1) is 0 Å². The molecule has 0 heterocycles. The molecule has 1 heteroatoms. The second kappa shape index (κ2) is 13.1. The van der Waals surface area contributed by atoms with E-state index in [1.165, 1.54) is 99.1 Å². The van der Waals surface area contributed by atoms with Crippen LogP contribution < -0.4 is 4.90 Å². The Morgan fingerprint density at radius 3 is 1.77 bits per heavy atom. The highest BCUT2D eigenvalue weighted by atomic mass is 15.1. The molecule has 10 aromatic carbocycles. The molecule has 0 saturated carbocycles. The van der Waals surface area contributed by atoms with Gasteiger partial charge < -0.3 is 4.90 Å². The molecule has 1 nitrogen and oxygen atoms in total. The molecule has 2 aliphatic carbocycles. The third kappa shape index (κ3) is 5.20. The summed E-state index contributed by atoms with van der Waals surface area (Å²) >= 11 is 0. The zero-order valence-corrected chi connectivity index (χ0v) is 35.0. The van der Waals surface area contributed by atoms with E-state index >= 15 is 0 Å². The van der Waals surface area contributed by atoms with Crippen LogP contribution in [0.5, 0.6) is 0 Å². The lowest BCUT2D eigenvalue weighted by atomic mass is 9.77. The lowest BCUT2D eigenvalue weighted by molar-refractivity contribution is 0.660. The first-order valence-electron chi connectivity index (χ1n) is 21.6. The van der Waals surface area contributed by atoms with Crippen molar-refractivity contribution < 1.29 is 0 Å². The Balaban J connectivity index is 1.12. The fraction of sp³-hybridized carbons (Fsp3) is 0.100. The Labute approximate surface area is 358 Å². The number of anilines is 3. The molecular formula is C60H45N. The summed E-state index contributed by atoms with van der Waals surface area (Å²) in [5.74, 6) is 0. The summed E-state index contributed by atoms with van der Waals surface area (Å²) in [6.45, 7) is 9.60. The molecule has 0 fully saturated rings. The van der Waals surface area contributed by atoms with Gasteiger partial charge in [0.25, 0.3) is 0 Å². The van der Waals surface area contributed by atoms with Gasteiger partial charge in [-0.3, -0.25) is 0 Å². The number of rotatable bonds is 5. The molecule has 10 aromatic rings. The number of fused-ring (bicyclic) bond motifs is 10.